The molecule has 0 saturated carbocycles. The maximum Gasteiger partial charge on any atom is 0.0762 e. The molecule has 4 heteroatoms. The Bertz CT molecular complexity index is 475. The van der Waals surface area contributed by atoms with Crippen LogP contribution in [0.5, 0.6) is 0 Å². The molecule has 2 aromatic heterocycles. The number of nitrogens with one attached hydrogen (secondary N) is 1. The number of nitrogens with zero attached hydrogens (tertiary/aromatic N) is 2. The molecule has 3 nitrogen and oxygen atoms in total. The van der Waals surface area contributed by atoms with Gasteiger partial charge in [0.25, 0.3) is 0 Å². The van der Waals surface area contributed by atoms with Crippen molar-refractivity contribution >= 4 is 11.3 Å². The fraction of sp³-hybridized carbons (Fsp3) is 0.533. The van der Waals surface area contributed by atoms with E-state index in [4.69, 9.17) is 0 Å². The van der Waals surface area contributed by atoms with Gasteiger partial charge in [0.1, 0.15) is 0 Å². The first-order valence-electron chi connectivity index (χ1n) is 7.05. The lowest BCUT2D eigenvalue weighted by Gasteiger charge is -2.14. The second-order valence-electron chi connectivity index (χ2n) is 4.90. The Labute approximate surface area is 119 Å². The van der Waals surface area contributed by atoms with Crippen LogP contribution in [-0.2, 0) is 6.54 Å². The highest BCUT2D eigenvalue weighted by Crippen LogP contribution is 2.22. The average molecular weight is 277 g/mol. The quantitative estimate of drug-likeness (QED) is 0.823. The Kier molecular flexibility index (Phi) is 5.16. The third-order valence-electron chi connectivity index (χ3n) is 3.53. The maximum atomic E-state index is 4.63. The van der Waals surface area contributed by atoms with E-state index in [1.165, 1.54) is 4.88 Å². The van der Waals surface area contributed by atoms with E-state index in [0.29, 0.717) is 12.1 Å². The van der Waals surface area contributed by atoms with E-state index in [-0.39, 0.29) is 0 Å². The second kappa shape index (κ2) is 6.87. The number of rotatable bonds is 7. The molecule has 19 heavy (non-hydrogen) atoms. The summed E-state index contributed by atoms with van der Waals surface area (Å²) in [6.45, 7) is 7.44. The predicted octanol–water partition coefficient (Wildman–Crippen LogP) is 4.16. The molecule has 0 saturated heterocycles. The zero-order valence-electron chi connectivity index (χ0n) is 12.0. The van der Waals surface area contributed by atoms with Gasteiger partial charge in [-0.05, 0) is 37.3 Å². The molecule has 0 fully saturated rings. The molecule has 104 valence electrons. The Balaban J connectivity index is 1.92. The first-order chi connectivity index (χ1) is 9.24. The van der Waals surface area contributed by atoms with Gasteiger partial charge in [-0.15, -0.1) is 11.3 Å². The Morgan fingerprint density at radius 2 is 2.16 bits per heavy atom. The van der Waals surface area contributed by atoms with Gasteiger partial charge < -0.3 is 5.32 Å². The molecule has 1 N–H and O–H groups in total. The van der Waals surface area contributed by atoms with Crippen molar-refractivity contribution in [2.75, 3.05) is 0 Å². The molecule has 0 aliphatic rings. The highest BCUT2D eigenvalue weighted by molar-refractivity contribution is 7.10. The largest absolute Gasteiger partial charge is 0.303 e. The van der Waals surface area contributed by atoms with Gasteiger partial charge in [-0.25, -0.2) is 0 Å². The van der Waals surface area contributed by atoms with Gasteiger partial charge in [0.2, 0.25) is 0 Å². The lowest BCUT2D eigenvalue weighted by atomic mass is 10.2. The molecule has 2 rings (SSSR count). The molecule has 2 heterocycles. The summed E-state index contributed by atoms with van der Waals surface area (Å²) in [6.07, 6.45) is 4.30. The van der Waals surface area contributed by atoms with Crippen LogP contribution in [0.25, 0.3) is 0 Å². The molecule has 0 bridgehead atoms. The minimum absolute atomic E-state index is 0.439. The smallest absolute Gasteiger partial charge is 0.0762 e. The Hall–Kier alpha value is -1.13. The van der Waals surface area contributed by atoms with Crippen molar-refractivity contribution in [2.24, 2.45) is 0 Å². The molecule has 2 aromatic rings. The van der Waals surface area contributed by atoms with Crippen LogP contribution in [0, 0.1) is 0 Å². The summed E-state index contributed by atoms with van der Waals surface area (Å²) in [4.78, 5) is 1.41. The molecule has 0 amide bonds. The summed E-state index contributed by atoms with van der Waals surface area (Å²) in [6, 6.07) is 7.34. The number of hydrogen-bond donors (Lipinski definition) is 1. The maximum absolute atomic E-state index is 4.63. The van der Waals surface area contributed by atoms with Gasteiger partial charge in [-0.1, -0.05) is 19.9 Å². The average Bonchev–Trinajstić information content (AvgIpc) is 3.09. The van der Waals surface area contributed by atoms with Crippen LogP contribution in [0.3, 0.4) is 0 Å². The Morgan fingerprint density at radius 1 is 1.32 bits per heavy atom. The third-order valence-corrected chi connectivity index (χ3v) is 4.52. The summed E-state index contributed by atoms with van der Waals surface area (Å²) in [7, 11) is 0. The van der Waals surface area contributed by atoms with Crippen LogP contribution in [0.4, 0.5) is 0 Å². The van der Waals surface area contributed by atoms with E-state index in [2.05, 4.69) is 65.6 Å². The van der Waals surface area contributed by atoms with Gasteiger partial charge in [0.15, 0.2) is 0 Å². The van der Waals surface area contributed by atoms with Crippen molar-refractivity contribution in [3.8, 4) is 0 Å². The van der Waals surface area contributed by atoms with E-state index in [9.17, 15) is 0 Å². The van der Waals surface area contributed by atoms with Crippen molar-refractivity contribution in [1.82, 2.24) is 15.1 Å². The van der Waals surface area contributed by atoms with E-state index >= 15 is 0 Å². The molecule has 0 aromatic carbocycles. The van der Waals surface area contributed by atoms with Crippen molar-refractivity contribution < 1.29 is 0 Å². The van der Waals surface area contributed by atoms with Crippen molar-refractivity contribution in [3.05, 3.63) is 40.3 Å². The fourth-order valence-corrected chi connectivity index (χ4v) is 2.95. The van der Waals surface area contributed by atoms with Crippen LogP contribution in [-0.4, -0.2) is 9.78 Å². The van der Waals surface area contributed by atoms with Gasteiger partial charge in [-0.3, -0.25) is 4.68 Å². The van der Waals surface area contributed by atoms with Crippen LogP contribution < -0.4 is 5.32 Å². The summed E-state index contributed by atoms with van der Waals surface area (Å²) < 4.78 is 2.06. The van der Waals surface area contributed by atoms with E-state index in [1.54, 1.807) is 0 Å². The van der Waals surface area contributed by atoms with Gasteiger partial charge in [0, 0.05) is 29.7 Å². The first-order valence-corrected chi connectivity index (χ1v) is 7.93. The standard InChI is InChI=1S/C15H23N3S/c1-4-12(3)18-9-8-13(17-18)11-16-14(5-2)15-7-6-10-19-15/h6-10,12,14,16H,4-5,11H2,1-3H3. The number of hydrogen-bond acceptors (Lipinski definition) is 3. The normalized spacial score (nSPS) is 14.5. The number of thiophene rings is 1. The predicted molar refractivity (Wildman–Crippen MR) is 81.4 cm³/mol. The monoisotopic (exact) mass is 277 g/mol. The first kappa shape index (κ1) is 14.3. The molecular formula is C15H23N3S. The minimum atomic E-state index is 0.439. The van der Waals surface area contributed by atoms with Crippen molar-refractivity contribution in [2.45, 2.75) is 52.2 Å². The van der Waals surface area contributed by atoms with Gasteiger partial charge in [-0.2, -0.15) is 5.10 Å². The molecule has 0 radical (unpaired) electrons. The molecule has 2 atom stereocenters. The zero-order valence-corrected chi connectivity index (χ0v) is 12.8. The molecular weight excluding hydrogens is 254 g/mol. The highest BCUT2D eigenvalue weighted by atomic mass is 32.1. The minimum Gasteiger partial charge on any atom is -0.303 e. The van der Waals surface area contributed by atoms with Gasteiger partial charge in [0.05, 0.1) is 5.69 Å². The summed E-state index contributed by atoms with van der Waals surface area (Å²) in [5.41, 5.74) is 1.12. The molecule has 2 unspecified atom stereocenters. The van der Waals surface area contributed by atoms with Crippen LogP contribution in [0.15, 0.2) is 29.8 Å². The lowest BCUT2D eigenvalue weighted by Crippen LogP contribution is -2.20. The summed E-state index contributed by atoms with van der Waals surface area (Å²) in [5.74, 6) is 0. The second-order valence-corrected chi connectivity index (χ2v) is 5.88. The SMILES string of the molecule is CCC(NCc1ccn(C(C)CC)n1)c1cccs1. The van der Waals surface area contributed by atoms with Crippen LogP contribution in [0.1, 0.15) is 56.3 Å². The van der Waals surface area contributed by atoms with E-state index < -0.39 is 0 Å². The number of aromatic nitrogens is 2. The summed E-state index contributed by atoms with van der Waals surface area (Å²) >= 11 is 1.82. The topological polar surface area (TPSA) is 29.9 Å². The van der Waals surface area contributed by atoms with Gasteiger partial charge >= 0.3 is 0 Å². The molecule has 0 aliphatic heterocycles. The van der Waals surface area contributed by atoms with Crippen LogP contribution in [0.2, 0.25) is 0 Å². The third kappa shape index (κ3) is 3.67. The Morgan fingerprint density at radius 3 is 2.79 bits per heavy atom. The zero-order chi connectivity index (χ0) is 13.7. The fourth-order valence-electron chi connectivity index (χ4n) is 2.07. The lowest BCUT2D eigenvalue weighted by molar-refractivity contribution is 0.464. The highest BCUT2D eigenvalue weighted by Gasteiger charge is 2.11. The van der Waals surface area contributed by atoms with E-state index in [0.717, 1.165) is 25.1 Å². The molecule has 0 aliphatic carbocycles. The van der Waals surface area contributed by atoms with Crippen LogP contribution >= 0.6 is 11.3 Å². The van der Waals surface area contributed by atoms with Crippen molar-refractivity contribution in [3.63, 3.8) is 0 Å². The molecule has 0 spiro atoms. The summed E-state index contributed by atoms with van der Waals surface area (Å²) in [5, 5.41) is 10.4. The van der Waals surface area contributed by atoms with Crippen molar-refractivity contribution in [1.29, 1.82) is 0 Å². The van der Waals surface area contributed by atoms with E-state index in [1.807, 2.05) is 11.3 Å².